The maximum Gasteiger partial charge on any atom is 0.335 e. The Labute approximate surface area is 126 Å². The van der Waals surface area contributed by atoms with Crippen molar-refractivity contribution in [1.82, 2.24) is 9.80 Å². The fourth-order valence-electron chi connectivity index (χ4n) is 3.12. The number of carboxylic acids is 1. The molecule has 114 valence electrons. The predicted molar refractivity (Wildman–Crippen MR) is 82.4 cm³/mol. The normalized spacial score (nSPS) is 24.1. The van der Waals surface area contributed by atoms with Crippen molar-refractivity contribution in [2.75, 3.05) is 26.2 Å². The molecular weight excluding hydrogens is 264 g/mol. The first-order valence-electron chi connectivity index (χ1n) is 7.90. The highest BCUT2D eigenvalue weighted by Crippen LogP contribution is 2.30. The molecule has 2 aliphatic rings. The zero-order valence-electron chi connectivity index (χ0n) is 12.7. The van der Waals surface area contributed by atoms with Crippen LogP contribution in [0.2, 0.25) is 0 Å². The van der Waals surface area contributed by atoms with Crippen LogP contribution in [0, 0.1) is 5.92 Å². The van der Waals surface area contributed by atoms with Crippen LogP contribution in [0.5, 0.6) is 0 Å². The molecule has 3 rings (SSSR count). The van der Waals surface area contributed by atoms with E-state index in [-0.39, 0.29) is 0 Å². The van der Waals surface area contributed by atoms with Gasteiger partial charge in [-0.1, -0.05) is 12.1 Å². The Morgan fingerprint density at radius 3 is 2.52 bits per heavy atom. The molecule has 21 heavy (non-hydrogen) atoms. The molecule has 0 spiro atoms. The van der Waals surface area contributed by atoms with Gasteiger partial charge in [-0.15, -0.1) is 0 Å². The molecule has 1 saturated heterocycles. The lowest BCUT2D eigenvalue weighted by molar-refractivity contribution is 0.0696. The van der Waals surface area contributed by atoms with Crippen molar-refractivity contribution in [3.63, 3.8) is 0 Å². The largest absolute Gasteiger partial charge is 0.478 e. The Morgan fingerprint density at radius 1 is 1.24 bits per heavy atom. The van der Waals surface area contributed by atoms with E-state index in [4.69, 9.17) is 5.11 Å². The quantitative estimate of drug-likeness (QED) is 0.903. The molecule has 0 unspecified atom stereocenters. The van der Waals surface area contributed by atoms with Gasteiger partial charge in [0, 0.05) is 38.8 Å². The van der Waals surface area contributed by atoms with Gasteiger partial charge < -0.3 is 10.0 Å². The SMILES string of the molecule is C[C@H]1CN(CC2CC2)CCN1Cc1ccc(C(=O)O)cc1. The van der Waals surface area contributed by atoms with Gasteiger partial charge >= 0.3 is 5.97 Å². The number of benzene rings is 1. The number of hydrogen-bond donors (Lipinski definition) is 1. The van der Waals surface area contributed by atoms with Gasteiger partial charge in [0.15, 0.2) is 0 Å². The van der Waals surface area contributed by atoms with Crippen molar-refractivity contribution in [1.29, 1.82) is 0 Å². The van der Waals surface area contributed by atoms with E-state index in [0.29, 0.717) is 11.6 Å². The molecule has 2 fully saturated rings. The van der Waals surface area contributed by atoms with Crippen LogP contribution in [-0.4, -0.2) is 53.1 Å². The van der Waals surface area contributed by atoms with Crippen LogP contribution in [0.25, 0.3) is 0 Å². The summed E-state index contributed by atoms with van der Waals surface area (Å²) in [4.78, 5) is 16.0. The fraction of sp³-hybridized carbons (Fsp3) is 0.588. The second kappa shape index (κ2) is 6.16. The first-order valence-corrected chi connectivity index (χ1v) is 7.90. The van der Waals surface area contributed by atoms with Gasteiger partial charge in [-0.2, -0.15) is 0 Å². The monoisotopic (exact) mass is 288 g/mol. The Balaban J connectivity index is 1.53. The van der Waals surface area contributed by atoms with E-state index < -0.39 is 5.97 Å². The van der Waals surface area contributed by atoms with Crippen LogP contribution in [0.3, 0.4) is 0 Å². The van der Waals surface area contributed by atoms with Crippen LogP contribution in [0.4, 0.5) is 0 Å². The molecule has 1 saturated carbocycles. The molecule has 0 aromatic heterocycles. The summed E-state index contributed by atoms with van der Waals surface area (Å²) in [6, 6.07) is 7.84. The number of hydrogen-bond acceptors (Lipinski definition) is 3. The smallest absolute Gasteiger partial charge is 0.335 e. The van der Waals surface area contributed by atoms with Crippen molar-refractivity contribution in [2.45, 2.75) is 32.4 Å². The maximum atomic E-state index is 10.9. The van der Waals surface area contributed by atoms with Gasteiger partial charge in [-0.3, -0.25) is 4.90 Å². The second-order valence-corrected chi connectivity index (χ2v) is 6.52. The highest BCUT2D eigenvalue weighted by atomic mass is 16.4. The topological polar surface area (TPSA) is 43.8 Å². The molecule has 0 bridgehead atoms. The first kappa shape index (κ1) is 14.5. The first-order chi connectivity index (χ1) is 10.1. The molecule has 0 amide bonds. The third-order valence-corrected chi connectivity index (χ3v) is 4.65. The van der Waals surface area contributed by atoms with E-state index in [9.17, 15) is 4.79 Å². The lowest BCUT2D eigenvalue weighted by atomic mass is 10.1. The Morgan fingerprint density at radius 2 is 1.95 bits per heavy atom. The number of rotatable bonds is 5. The van der Waals surface area contributed by atoms with Crippen molar-refractivity contribution in [3.05, 3.63) is 35.4 Å². The molecule has 1 aromatic carbocycles. The minimum atomic E-state index is -0.858. The van der Waals surface area contributed by atoms with E-state index in [1.807, 2.05) is 12.1 Å². The zero-order chi connectivity index (χ0) is 14.8. The van der Waals surface area contributed by atoms with Gasteiger partial charge in [-0.05, 0) is 43.4 Å². The van der Waals surface area contributed by atoms with E-state index in [0.717, 1.165) is 32.1 Å². The van der Waals surface area contributed by atoms with Gasteiger partial charge in [0.05, 0.1) is 5.56 Å². The Kier molecular flexibility index (Phi) is 4.27. The van der Waals surface area contributed by atoms with Crippen LogP contribution < -0.4 is 0 Å². The van der Waals surface area contributed by atoms with Crippen molar-refractivity contribution in [2.24, 2.45) is 5.92 Å². The van der Waals surface area contributed by atoms with Crippen molar-refractivity contribution >= 4 is 5.97 Å². The molecular formula is C17H24N2O2. The summed E-state index contributed by atoms with van der Waals surface area (Å²) in [6.45, 7) is 7.92. The zero-order valence-corrected chi connectivity index (χ0v) is 12.7. The molecule has 0 radical (unpaired) electrons. The molecule has 1 aliphatic heterocycles. The predicted octanol–water partition coefficient (Wildman–Crippen LogP) is 2.30. The molecule has 1 aromatic rings. The van der Waals surface area contributed by atoms with Crippen LogP contribution in [0.15, 0.2) is 24.3 Å². The summed E-state index contributed by atoms with van der Waals surface area (Å²) in [6.07, 6.45) is 2.84. The highest BCUT2D eigenvalue weighted by molar-refractivity contribution is 5.87. The summed E-state index contributed by atoms with van der Waals surface area (Å²) in [5.41, 5.74) is 1.56. The average molecular weight is 288 g/mol. The summed E-state index contributed by atoms with van der Waals surface area (Å²) in [5, 5.41) is 8.93. The third kappa shape index (κ3) is 3.83. The van der Waals surface area contributed by atoms with E-state index in [2.05, 4.69) is 16.7 Å². The summed E-state index contributed by atoms with van der Waals surface area (Å²) in [5.74, 6) is 0.107. The molecule has 1 aliphatic carbocycles. The lowest BCUT2D eigenvalue weighted by Crippen LogP contribution is -2.51. The number of piperazine rings is 1. The summed E-state index contributed by atoms with van der Waals surface area (Å²) < 4.78 is 0. The van der Waals surface area contributed by atoms with E-state index in [1.54, 1.807) is 12.1 Å². The van der Waals surface area contributed by atoms with Gasteiger partial charge in [0.25, 0.3) is 0 Å². The highest BCUT2D eigenvalue weighted by Gasteiger charge is 2.29. The Hall–Kier alpha value is -1.39. The van der Waals surface area contributed by atoms with Crippen molar-refractivity contribution in [3.8, 4) is 0 Å². The second-order valence-electron chi connectivity index (χ2n) is 6.52. The average Bonchev–Trinajstić information content (AvgIpc) is 3.26. The summed E-state index contributed by atoms with van der Waals surface area (Å²) in [7, 11) is 0. The van der Waals surface area contributed by atoms with E-state index >= 15 is 0 Å². The number of carbonyl (C=O) groups is 1. The van der Waals surface area contributed by atoms with Gasteiger partial charge in [0.2, 0.25) is 0 Å². The minimum absolute atomic E-state index is 0.362. The van der Waals surface area contributed by atoms with Crippen LogP contribution in [0.1, 0.15) is 35.7 Å². The standard InChI is InChI=1S/C17H24N2O2/c1-13-10-18(11-14-2-3-14)8-9-19(13)12-15-4-6-16(7-5-15)17(20)21/h4-7,13-14H,2-3,8-12H2,1H3,(H,20,21)/t13-/m0/s1. The molecule has 4 heteroatoms. The van der Waals surface area contributed by atoms with Gasteiger partial charge in [-0.25, -0.2) is 4.79 Å². The Bertz CT molecular complexity index is 496. The molecule has 4 nitrogen and oxygen atoms in total. The van der Waals surface area contributed by atoms with E-state index in [1.165, 1.54) is 24.9 Å². The summed E-state index contributed by atoms with van der Waals surface area (Å²) >= 11 is 0. The van der Waals surface area contributed by atoms with Gasteiger partial charge in [0.1, 0.15) is 0 Å². The fourth-order valence-corrected chi connectivity index (χ4v) is 3.12. The van der Waals surface area contributed by atoms with Crippen LogP contribution >= 0.6 is 0 Å². The van der Waals surface area contributed by atoms with Crippen LogP contribution in [-0.2, 0) is 6.54 Å². The number of carboxylic acid groups (broad SMARTS) is 1. The maximum absolute atomic E-state index is 10.9. The minimum Gasteiger partial charge on any atom is -0.478 e. The third-order valence-electron chi connectivity index (χ3n) is 4.65. The van der Waals surface area contributed by atoms with Crippen molar-refractivity contribution < 1.29 is 9.90 Å². The number of nitrogens with zero attached hydrogens (tertiary/aromatic N) is 2. The number of aromatic carboxylic acids is 1. The molecule has 1 heterocycles. The lowest BCUT2D eigenvalue weighted by Gasteiger charge is -2.40. The molecule has 1 N–H and O–H groups in total. The molecule has 1 atom stereocenters.